The van der Waals surface area contributed by atoms with Gasteiger partial charge in [-0.2, -0.15) is 4.98 Å². The average Bonchev–Trinajstić information content (AvgIpc) is 2.86. The van der Waals surface area contributed by atoms with Gasteiger partial charge in [0.05, 0.1) is 12.9 Å². The van der Waals surface area contributed by atoms with E-state index in [1.54, 1.807) is 19.1 Å². The lowest BCUT2D eigenvalue weighted by Crippen LogP contribution is -2.07. The molecule has 0 bridgehead atoms. The van der Waals surface area contributed by atoms with Crippen molar-refractivity contribution in [3.05, 3.63) is 24.3 Å². The fourth-order valence-corrected chi connectivity index (χ4v) is 1.17. The highest BCUT2D eigenvalue weighted by Crippen LogP contribution is 2.15. The lowest BCUT2D eigenvalue weighted by atomic mass is 10.4. The predicted octanol–water partition coefficient (Wildman–Crippen LogP) is 1.44. The van der Waals surface area contributed by atoms with E-state index in [1.807, 2.05) is 0 Å². The Labute approximate surface area is 91.2 Å². The minimum absolute atomic E-state index is 0.0262. The van der Waals surface area contributed by atoms with Gasteiger partial charge in [0.25, 0.3) is 0 Å². The second-order valence-electron chi connectivity index (χ2n) is 2.97. The Balaban J connectivity index is 2.06. The summed E-state index contributed by atoms with van der Waals surface area (Å²) in [6.45, 7) is 2.07. The van der Waals surface area contributed by atoms with Crippen LogP contribution in [0, 0.1) is 0 Å². The van der Waals surface area contributed by atoms with E-state index in [4.69, 9.17) is 13.7 Å². The van der Waals surface area contributed by atoms with E-state index in [-0.39, 0.29) is 12.3 Å². The highest BCUT2D eigenvalue weighted by molar-refractivity contribution is 5.71. The number of rotatable bonds is 4. The number of nitrogens with zero attached hydrogens (tertiary/aromatic N) is 2. The van der Waals surface area contributed by atoms with Gasteiger partial charge in [-0.3, -0.25) is 4.79 Å². The molecule has 0 unspecified atom stereocenters. The van der Waals surface area contributed by atoms with Crippen LogP contribution < -0.4 is 0 Å². The van der Waals surface area contributed by atoms with Crippen molar-refractivity contribution in [3.63, 3.8) is 0 Å². The van der Waals surface area contributed by atoms with Crippen LogP contribution in [-0.2, 0) is 16.0 Å². The quantitative estimate of drug-likeness (QED) is 0.728. The summed E-state index contributed by atoms with van der Waals surface area (Å²) in [5.41, 5.74) is 0. The summed E-state index contributed by atoms with van der Waals surface area (Å²) >= 11 is 0. The zero-order chi connectivity index (χ0) is 11.4. The van der Waals surface area contributed by atoms with Gasteiger partial charge in [0.2, 0.25) is 11.7 Å². The average molecular weight is 222 g/mol. The number of furan rings is 1. The Hall–Kier alpha value is -2.11. The van der Waals surface area contributed by atoms with Crippen LogP contribution in [0.5, 0.6) is 0 Å². The van der Waals surface area contributed by atoms with E-state index in [2.05, 4.69) is 10.1 Å². The van der Waals surface area contributed by atoms with Crippen LogP contribution in [0.25, 0.3) is 11.6 Å². The van der Waals surface area contributed by atoms with Gasteiger partial charge in [-0.05, 0) is 19.1 Å². The number of aromatic nitrogens is 2. The first-order valence-corrected chi connectivity index (χ1v) is 4.81. The molecule has 0 fully saturated rings. The van der Waals surface area contributed by atoms with Crippen LogP contribution in [0.2, 0.25) is 0 Å². The molecule has 0 aliphatic heterocycles. The summed E-state index contributed by atoms with van der Waals surface area (Å²) in [7, 11) is 0. The summed E-state index contributed by atoms with van der Waals surface area (Å²) in [4.78, 5) is 15.1. The van der Waals surface area contributed by atoms with Crippen LogP contribution in [-0.4, -0.2) is 22.7 Å². The van der Waals surface area contributed by atoms with E-state index >= 15 is 0 Å². The van der Waals surface area contributed by atoms with Gasteiger partial charge in [0.1, 0.15) is 6.42 Å². The molecular formula is C10H10N2O4. The molecule has 0 atom stereocenters. The maximum atomic E-state index is 11.1. The van der Waals surface area contributed by atoms with Gasteiger partial charge in [-0.25, -0.2) is 0 Å². The Morgan fingerprint density at radius 3 is 3.12 bits per heavy atom. The molecule has 0 aliphatic rings. The van der Waals surface area contributed by atoms with Gasteiger partial charge < -0.3 is 13.7 Å². The molecule has 0 saturated carbocycles. The van der Waals surface area contributed by atoms with E-state index in [1.165, 1.54) is 6.26 Å². The van der Waals surface area contributed by atoms with E-state index in [9.17, 15) is 4.79 Å². The van der Waals surface area contributed by atoms with Crippen molar-refractivity contribution in [3.8, 4) is 11.6 Å². The van der Waals surface area contributed by atoms with Crippen LogP contribution >= 0.6 is 0 Å². The van der Waals surface area contributed by atoms with Crippen molar-refractivity contribution in [1.82, 2.24) is 10.1 Å². The number of carbonyl (C=O) groups is 1. The lowest BCUT2D eigenvalue weighted by molar-refractivity contribution is -0.142. The third-order valence-electron chi connectivity index (χ3n) is 1.81. The molecular weight excluding hydrogens is 212 g/mol. The van der Waals surface area contributed by atoms with Gasteiger partial charge in [0, 0.05) is 0 Å². The molecule has 2 rings (SSSR count). The summed E-state index contributed by atoms with van der Waals surface area (Å²) in [6, 6.07) is 3.43. The molecule has 0 N–H and O–H groups in total. The zero-order valence-electron chi connectivity index (χ0n) is 8.67. The second kappa shape index (κ2) is 4.61. The monoisotopic (exact) mass is 222 g/mol. The lowest BCUT2D eigenvalue weighted by Gasteiger charge is -1.96. The smallest absolute Gasteiger partial charge is 0.315 e. The maximum absolute atomic E-state index is 11.1. The molecule has 0 saturated heterocycles. The third-order valence-corrected chi connectivity index (χ3v) is 1.81. The number of hydrogen-bond acceptors (Lipinski definition) is 6. The molecule has 16 heavy (non-hydrogen) atoms. The van der Waals surface area contributed by atoms with Crippen molar-refractivity contribution >= 4 is 5.97 Å². The fourth-order valence-electron chi connectivity index (χ4n) is 1.17. The van der Waals surface area contributed by atoms with E-state index in [0.29, 0.717) is 18.2 Å². The molecule has 0 aliphatic carbocycles. The molecule has 2 aromatic heterocycles. The first-order chi connectivity index (χ1) is 7.79. The summed E-state index contributed by atoms with van der Waals surface area (Å²) in [5.74, 6) is 0.644. The van der Waals surface area contributed by atoms with Crippen LogP contribution in [0.15, 0.2) is 27.3 Å². The van der Waals surface area contributed by atoms with Crippen molar-refractivity contribution in [1.29, 1.82) is 0 Å². The summed E-state index contributed by atoms with van der Waals surface area (Å²) < 4.78 is 14.7. The molecule has 0 radical (unpaired) electrons. The van der Waals surface area contributed by atoms with Crippen molar-refractivity contribution in [2.45, 2.75) is 13.3 Å². The van der Waals surface area contributed by atoms with Crippen LogP contribution in [0.1, 0.15) is 12.8 Å². The SMILES string of the molecule is CCOC(=O)Cc1nc(-c2ccco2)no1. The Morgan fingerprint density at radius 2 is 2.44 bits per heavy atom. The van der Waals surface area contributed by atoms with Crippen LogP contribution in [0.4, 0.5) is 0 Å². The molecule has 0 aromatic carbocycles. The predicted molar refractivity (Wildman–Crippen MR) is 52.3 cm³/mol. The largest absolute Gasteiger partial charge is 0.466 e. The van der Waals surface area contributed by atoms with Crippen molar-refractivity contribution < 1.29 is 18.5 Å². The summed E-state index contributed by atoms with van der Waals surface area (Å²) in [5, 5.41) is 3.68. The van der Waals surface area contributed by atoms with Crippen LogP contribution in [0.3, 0.4) is 0 Å². The van der Waals surface area contributed by atoms with E-state index in [0.717, 1.165) is 0 Å². The van der Waals surface area contributed by atoms with Gasteiger partial charge >= 0.3 is 5.97 Å². The normalized spacial score (nSPS) is 10.3. The van der Waals surface area contributed by atoms with Crippen molar-refractivity contribution in [2.75, 3.05) is 6.61 Å². The summed E-state index contributed by atoms with van der Waals surface area (Å²) in [6.07, 6.45) is 1.48. The molecule has 0 spiro atoms. The Bertz CT molecular complexity index is 461. The Kier molecular flexibility index (Phi) is 3.00. The first kappa shape index (κ1) is 10.4. The molecule has 6 nitrogen and oxygen atoms in total. The fraction of sp³-hybridized carbons (Fsp3) is 0.300. The number of esters is 1. The molecule has 2 heterocycles. The maximum Gasteiger partial charge on any atom is 0.315 e. The topological polar surface area (TPSA) is 78.4 Å². The molecule has 84 valence electrons. The minimum Gasteiger partial charge on any atom is -0.466 e. The van der Waals surface area contributed by atoms with Gasteiger partial charge in [-0.1, -0.05) is 5.16 Å². The van der Waals surface area contributed by atoms with Gasteiger partial charge in [0.15, 0.2) is 5.76 Å². The minimum atomic E-state index is -0.392. The zero-order valence-corrected chi connectivity index (χ0v) is 8.67. The van der Waals surface area contributed by atoms with Crippen molar-refractivity contribution in [2.24, 2.45) is 0 Å². The second-order valence-corrected chi connectivity index (χ2v) is 2.97. The van der Waals surface area contributed by atoms with E-state index < -0.39 is 5.97 Å². The van der Waals surface area contributed by atoms with Gasteiger partial charge in [-0.15, -0.1) is 0 Å². The highest BCUT2D eigenvalue weighted by Gasteiger charge is 2.14. The molecule has 0 amide bonds. The standard InChI is InChI=1S/C10H10N2O4/c1-2-14-9(13)6-8-11-10(12-16-8)7-4-3-5-15-7/h3-5H,2,6H2,1H3. The first-order valence-electron chi connectivity index (χ1n) is 4.81. The number of hydrogen-bond donors (Lipinski definition) is 0. The molecule has 2 aromatic rings. The number of carbonyl (C=O) groups excluding carboxylic acids is 1. The molecule has 6 heteroatoms. The third kappa shape index (κ3) is 2.28. The highest BCUT2D eigenvalue weighted by atomic mass is 16.5. The Morgan fingerprint density at radius 1 is 1.56 bits per heavy atom. The number of ether oxygens (including phenoxy) is 1.